The number of hydrogen-bond acceptors (Lipinski definition) is 4. The molecule has 0 fully saturated rings. The van der Waals surface area contributed by atoms with Crippen LogP contribution in [0.3, 0.4) is 0 Å². The first-order valence-electron chi connectivity index (χ1n) is 7.51. The van der Waals surface area contributed by atoms with Crippen molar-refractivity contribution < 1.29 is 14.3 Å². The third-order valence-corrected chi connectivity index (χ3v) is 3.82. The van der Waals surface area contributed by atoms with Crippen LogP contribution in [0, 0.1) is 0 Å². The number of hydrogen-bond donors (Lipinski definition) is 2. The van der Waals surface area contributed by atoms with Crippen LogP contribution in [0.4, 0.5) is 0 Å². The van der Waals surface area contributed by atoms with Crippen LogP contribution in [0.1, 0.15) is 15.9 Å². The summed E-state index contributed by atoms with van der Waals surface area (Å²) in [4.78, 5) is 11.6. The van der Waals surface area contributed by atoms with E-state index in [1.165, 1.54) is 12.5 Å². The number of rotatable bonds is 5. The van der Waals surface area contributed by atoms with Gasteiger partial charge in [-0.25, -0.2) is 5.84 Å². The van der Waals surface area contributed by atoms with Gasteiger partial charge in [0.1, 0.15) is 6.61 Å². The Morgan fingerprint density at radius 2 is 1.83 bits per heavy atom. The van der Waals surface area contributed by atoms with E-state index < -0.39 is 0 Å². The highest BCUT2D eigenvalue weighted by Gasteiger charge is 2.11. The Kier molecular flexibility index (Phi) is 4.63. The fraction of sp³-hybridized carbons (Fsp3) is 0.105. The predicted molar refractivity (Wildman–Crippen MR) is 92.9 cm³/mol. The Labute approximate surface area is 140 Å². The minimum atomic E-state index is -0.381. The minimum Gasteiger partial charge on any atom is -0.493 e. The van der Waals surface area contributed by atoms with Crippen LogP contribution in [-0.4, -0.2) is 13.0 Å². The van der Waals surface area contributed by atoms with E-state index in [4.69, 9.17) is 15.3 Å². The van der Waals surface area contributed by atoms with Crippen LogP contribution in [0.2, 0.25) is 0 Å². The largest absolute Gasteiger partial charge is 0.493 e. The highest BCUT2D eigenvalue weighted by atomic mass is 16.5. The Morgan fingerprint density at radius 1 is 1.04 bits per heavy atom. The molecule has 1 amide bonds. The SMILES string of the molecule is COc1cc(C(=O)NN)ccc1OCc1cccc2ccccc12. The summed E-state index contributed by atoms with van der Waals surface area (Å²) < 4.78 is 11.2. The number of benzene rings is 3. The monoisotopic (exact) mass is 322 g/mol. The average molecular weight is 322 g/mol. The fourth-order valence-corrected chi connectivity index (χ4v) is 2.59. The maximum absolute atomic E-state index is 11.6. The van der Waals surface area contributed by atoms with Gasteiger partial charge in [0, 0.05) is 5.56 Å². The molecule has 3 aromatic carbocycles. The number of amides is 1. The lowest BCUT2D eigenvalue weighted by molar-refractivity contribution is 0.0953. The normalized spacial score (nSPS) is 10.4. The molecule has 0 aliphatic heterocycles. The van der Waals surface area contributed by atoms with Crippen molar-refractivity contribution in [3.63, 3.8) is 0 Å². The van der Waals surface area contributed by atoms with Crippen molar-refractivity contribution >= 4 is 16.7 Å². The van der Waals surface area contributed by atoms with E-state index in [1.54, 1.807) is 18.2 Å². The van der Waals surface area contributed by atoms with Gasteiger partial charge in [-0.1, -0.05) is 42.5 Å². The van der Waals surface area contributed by atoms with Crippen LogP contribution in [0.25, 0.3) is 10.8 Å². The van der Waals surface area contributed by atoms with Gasteiger partial charge in [0.25, 0.3) is 5.91 Å². The van der Waals surface area contributed by atoms with Gasteiger partial charge in [-0.15, -0.1) is 0 Å². The molecule has 5 nitrogen and oxygen atoms in total. The number of carbonyl (C=O) groups is 1. The van der Waals surface area contributed by atoms with E-state index in [9.17, 15) is 4.79 Å². The number of hydrazine groups is 1. The van der Waals surface area contributed by atoms with Crippen molar-refractivity contribution in [2.24, 2.45) is 5.84 Å². The molecule has 0 aromatic heterocycles. The van der Waals surface area contributed by atoms with Crippen LogP contribution in [0.5, 0.6) is 11.5 Å². The van der Waals surface area contributed by atoms with Gasteiger partial charge in [-0.2, -0.15) is 0 Å². The third kappa shape index (κ3) is 3.16. The Balaban J connectivity index is 1.84. The summed E-state index contributed by atoms with van der Waals surface area (Å²) in [7, 11) is 1.53. The summed E-state index contributed by atoms with van der Waals surface area (Å²) in [6.07, 6.45) is 0. The minimum absolute atomic E-state index is 0.381. The lowest BCUT2D eigenvalue weighted by atomic mass is 10.1. The van der Waals surface area contributed by atoms with Gasteiger partial charge >= 0.3 is 0 Å². The number of carbonyl (C=O) groups excluding carboxylic acids is 1. The molecule has 3 N–H and O–H groups in total. The summed E-state index contributed by atoms with van der Waals surface area (Å²) >= 11 is 0. The molecular formula is C19H18N2O3. The molecule has 0 saturated carbocycles. The molecule has 122 valence electrons. The zero-order valence-electron chi connectivity index (χ0n) is 13.3. The second kappa shape index (κ2) is 7.02. The molecule has 0 bridgehead atoms. The Hall–Kier alpha value is -3.05. The lowest BCUT2D eigenvalue weighted by Crippen LogP contribution is -2.29. The summed E-state index contributed by atoms with van der Waals surface area (Å²) in [6, 6.07) is 19.2. The van der Waals surface area contributed by atoms with Crippen LogP contribution >= 0.6 is 0 Å². The third-order valence-electron chi connectivity index (χ3n) is 3.82. The van der Waals surface area contributed by atoms with Gasteiger partial charge in [-0.3, -0.25) is 10.2 Å². The number of nitrogens with two attached hydrogens (primary N) is 1. The van der Waals surface area contributed by atoms with Gasteiger partial charge in [0.05, 0.1) is 7.11 Å². The van der Waals surface area contributed by atoms with Crippen molar-refractivity contribution in [1.29, 1.82) is 0 Å². The number of nitrogens with one attached hydrogen (secondary N) is 1. The maximum Gasteiger partial charge on any atom is 0.265 e. The fourth-order valence-electron chi connectivity index (χ4n) is 2.59. The van der Waals surface area contributed by atoms with E-state index in [1.807, 2.05) is 24.3 Å². The molecule has 24 heavy (non-hydrogen) atoms. The summed E-state index contributed by atoms with van der Waals surface area (Å²) in [5.74, 6) is 5.82. The standard InChI is InChI=1S/C19H18N2O3/c1-23-18-11-14(19(22)21-20)9-10-17(18)24-12-15-7-4-6-13-5-2-3-8-16(13)15/h2-11H,12,20H2,1H3,(H,21,22). The second-order valence-corrected chi connectivity index (χ2v) is 5.27. The molecular weight excluding hydrogens is 304 g/mol. The zero-order valence-corrected chi connectivity index (χ0v) is 13.3. The smallest absolute Gasteiger partial charge is 0.265 e. The molecule has 0 saturated heterocycles. The van der Waals surface area contributed by atoms with Crippen LogP contribution < -0.4 is 20.7 Å². The lowest BCUT2D eigenvalue weighted by Gasteiger charge is -2.13. The highest BCUT2D eigenvalue weighted by Crippen LogP contribution is 2.29. The number of ether oxygens (including phenoxy) is 2. The topological polar surface area (TPSA) is 73.6 Å². The van der Waals surface area contributed by atoms with Crippen molar-refractivity contribution in [2.45, 2.75) is 6.61 Å². The number of fused-ring (bicyclic) bond motifs is 1. The molecule has 0 spiro atoms. The van der Waals surface area contributed by atoms with Gasteiger partial charge in [0.15, 0.2) is 11.5 Å². The Bertz CT molecular complexity index is 872. The van der Waals surface area contributed by atoms with Gasteiger partial charge in [0.2, 0.25) is 0 Å². The van der Waals surface area contributed by atoms with Crippen LogP contribution in [0.15, 0.2) is 60.7 Å². The molecule has 5 heteroatoms. The molecule has 0 unspecified atom stereocenters. The molecule has 0 heterocycles. The maximum atomic E-state index is 11.6. The van der Waals surface area contributed by atoms with Gasteiger partial charge < -0.3 is 9.47 Å². The number of methoxy groups -OCH3 is 1. The van der Waals surface area contributed by atoms with E-state index in [-0.39, 0.29) is 5.91 Å². The molecule has 0 aliphatic carbocycles. The first kappa shape index (κ1) is 15.8. The summed E-state index contributed by atoms with van der Waals surface area (Å²) in [6.45, 7) is 0.403. The average Bonchev–Trinajstić information content (AvgIpc) is 2.65. The molecule has 0 atom stereocenters. The number of nitrogen functional groups attached to an aromatic ring is 1. The first-order valence-corrected chi connectivity index (χ1v) is 7.51. The van der Waals surface area contributed by atoms with E-state index >= 15 is 0 Å². The van der Waals surface area contributed by atoms with Crippen molar-refractivity contribution in [3.05, 3.63) is 71.8 Å². The highest BCUT2D eigenvalue weighted by molar-refractivity contribution is 5.94. The molecule has 3 aromatic rings. The van der Waals surface area contributed by atoms with Gasteiger partial charge in [-0.05, 0) is 34.5 Å². The summed E-state index contributed by atoms with van der Waals surface area (Å²) in [5, 5.41) is 2.32. The predicted octanol–water partition coefficient (Wildman–Crippen LogP) is 3.03. The quantitative estimate of drug-likeness (QED) is 0.430. The zero-order chi connectivity index (χ0) is 16.9. The van der Waals surface area contributed by atoms with Crippen molar-refractivity contribution in [1.82, 2.24) is 5.43 Å². The van der Waals surface area contributed by atoms with E-state index in [0.717, 1.165) is 10.9 Å². The van der Waals surface area contributed by atoms with Crippen molar-refractivity contribution in [2.75, 3.05) is 7.11 Å². The summed E-state index contributed by atoms with van der Waals surface area (Å²) in [5.41, 5.74) is 3.59. The molecule has 0 radical (unpaired) electrons. The van der Waals surface area contributed by atoms with Crippen LogP contribution in [-0.2, 0) is 6.61 Å². The molecule has 0 aliphatic rings. The molecule has 3 rings (SSSR count). The second-order valence-electron chi connectivity index (χ2n) is 5.27. The first-order chi connectivity index (χ1) is 11.7. The Morgan fingerprint density at radius 3 is 2.62 bits per heavy atom. The van der Waals surface area contributed by atoms with Crippen molar-refractivity contribution in [3.8, 4) is 11.5 Å². The van der Waals surface area contributed by atoms with E-state index in [2.05, 4.69) is 23.6 Å². The van der Waals surface area contributed by atoms with E-state index in [0.29, 0.717) is 23.7 Å².